The number of amides is 2. The minimum absolute atomic E-state index is 0.164. The number of anilines is 2. The van der Waals surface area contributed by atoms with Crippen LogP contribution in [0, 0.1) is 13.8 Å². The molecule has 0 unspecified atom stereocenters. The first-order valence-corrected chi connectivity index (χ1v) is 8.51. The van der Waals surface area contributed by atoms with Crippen LogP contribution in [-0.4, -0.2) is 37.2 Å². The summed E-state index contributed by atoms with van der Waals surface area (Å²) >= 11 is 0. The Kier molecular flexibility index (Phi) is 5.16. The molecule has 6 heteroatoms. The third-order valence-electron chi connectivity index (χ3n) is 4.59. The van der Waals surface area contributed by atoms with Crippen LogP contribution < -0.4 is 10.6 Å². The molecule has 0 radical (unpaired) electrons. The maximum absolute atomic E-state index is 12.3. The predicted octanol–water partition coefficient (Wildman–Crippen LogP) is 2.54. The van der Waals surface area contributed by atoms with Gasteiger partial charge in [0.2, 0.25) is 0 Å². The Bertz CT molecular complexity index is 577. The third kappa shape index (κ3) is 3.76. The molecule has 0 spiro atoms. The monoisotopic (exact) mass is 332 g/mol. The van der Waals surface area contributed by atoms with Gasteiger partial charge in [0.1, 0.15) is 12.2 Å². The van der Waals surface area contributed by atoms with Gasteiger partial charge in [-0.2, -0.15) is 0 Å². The highest BCUT2D eigenvalue weighted by Crippen LogP contribution is 2.28. The van der Waals surface area contributed by atoms with E-state index in [2.05, 4.69) is 10.6 Å². The first-order chi connectivity index (χ1) is 11.5. The number of aryl methyl sites for hydroxylation is 2. The Hall–Kier alpha value is -1.92. The van der Waals surface area contributed by atoms with Crippen molar-refractivity contribution in [1.82, 2.24) is 0 Å². The normalized spacial score (nSPS) is 23.2. The lowest BCUT2D eigenvalue weighted by Crippen LogP contribution is -2.29. The van der Waals surface area contributed by atoms with E-state index < -0.39 is 12.2 Å². The number of hydrogen-bond acceptors (Lipinski definition) is 4. The number of nitrogens with one attached hydrogen (secondary N) is 2. The molecule has 2 heterocycles. The van der Waals surface area contributed by atoms with Gasteiger partial charge >= 0.3 is 0 Å². The van der Waals surface area contributed by atoms with E-state index in [1.807, 2.05) is 26.0 Å². The van der Waals surface area contributed by atoms with Crippen molar-refractivity contribution >= 4 is 23.2 Å². The molecule has 130 valence electrons. The lowest BCUT2D eigenvalue weighted by Gasteiger charge is -2.18. The van der Waals surface area contributed by atoms with Crippen LogP contribution in [0.1, 0.15) is 36.8 Å². The molecule has 2 aliphatic rings. The fourth-order valence-corrected chi connectivity index (χ4v) is 3.02. The quantitative estimate of drug-likeness (QED) is 0.888. The summed E-state index contributed by atoms with van der Waals surface area (Å²) in [4.78, 5) is 24.7. The van der Waals surface area contributed by atoms with Crippen LogP contribution in [0.25, 0.3) is 0 Å². The number of carbonyl (C=O) groups is 2. The van der Waals surface area contributed by atoms with Crippen molar-refractivity contribution in [1.29, 1.82) is 0 Å². The Morgan fingerprint density at radius 3 is 1.62 bits per heavy atom. The summed E-state index contributed by atoms with van der Waals surface area (Å²) in [5.74, 6) is -0.327. The second-order valence-corrected chi connectivity index (χ2v) is 6.46. The SMILES string of the molecule is Cc1cc(NC(=O)[C@H]2CCCO2)c(NC(=O)[C@H]2CCCO2)cc1C. The van der Waals surface area contributed by atoms with Crippen molar-refractivity contribution in [3.05, 3.63) is 23.3 Å². The molecule has 2 amide bonds. The van der Waals surface area contributed by atoms with Gasteiger partial charge in [0.25, 0.3) is 11.8 Å². The van der Waals surface area contributed by atoms with E-state index in [9.17, 15) is 9.59 Å². The van der Waals surface area contributed by atoms with E-state index in [1.165, 1.54) is 0 Å². The first kappa shape index (κ1) is 16.9. The molecular formula is C18H24N2O4. The molecule has 2 fully saturated rings. The van der Waals surface area contributed by atoms with Gasteiger partial charge in [0, 0.05) is 13.2 Å². The number of benzene rings is 1. The standard InChI is InChI=1S/C18H24N2O4/c1-11-9-13(19-17(21)15-5-3-7-23-15)14(10-12(11)2)20-18(22)16-6-4-8-24-16/h9-10,15-16H,3-8H2,1-2H3,(H,19,21)(H,20,22)/t15-,16-/m1/s1. The summed E-state index contributed by atoms with van der Waals surface area (Å²) < 4.78 is 10.8. The highest BCUT2D eigenvalue weighted by Gasteiger charge is 2.26. The van der Waals surface area contributed by atoms with Gasteiger partial charge in [0.05, 0.1) is 11.4 Å². The van der Waals surface area contributed by atoms with Gasteiger partial charge in [-0.1, -0.05) is 0 Å². The molecule has 2 aliphatic heterocycles. The van der Waals surface area contributed by atoms with Gasteiger partial charge in [-0.3, -0.25) is 9.59 Å². The minimum Gasteiger partial charge on any atom is -0.368 e. The summed E-state index contributed by atoms with van der Waals surface area (Å²) in [6, 6.07) is 3.76. The fourth-order valence-electron chi connectivity index (χ4n) is 3.02. The molecule has 0 saturated carbocycles. The van der Waals surface area contributed by atoms with Gasteiger partial charge in [-0.15, -0.1) is 0 Å². The minimum atomic E-state index is -0.409. The van der Waals surface area contributed by atoms with Crippen molar-refractivity contribution in [2.24, 2.45) is 0 Å². The molecule has 6 nitrogen and oxygen atoms in total. The van der Waals surface area contributed by atoms with Crippen molar-refractivity contribution in [2.45, 2.75) is 51.7 Å². The number of ether oxygens (including phenoxy) is 2. The molecule has 0 aromatic heterocycles. The zero-order chi connectivity index (χ0) is 17.1. The zero-order valence-electron chi connectivity index (χ0n) is 14.2. The summed E-state index contributed by atoms with van der Waals surface area (Å²) in [7, 11) is 0. The highest BCUT2D eigenvalue weighted by molar-refractivity contribution is 6.02. The van der Waals surface area contributed by atoms with Gasteiger partial charge < -0.3 is 20.1 Å². The molecule has 2 saturated heterocycles. The van der Waals surface area contributed by atoms with Crippen LogP contribution in [0.3, 0.4) is 0 Å². The van der Waals surface area contributed by atoms with E-state index in [0.29, 0.717) is 24.6 Å². The molecule has 3 rings (SSSR count). The predicted molar refractivity (Wildman–Crippen MR) is 91.1 cm³/mol. The average molecular weight is 332 g/mol. The van der Waals surface area contributed by atoms with Crippen LogP contribution in [0.2, 0.25) is 0 Å². The van der Waals surface area contributed by atoms with Crippen molar-refractivity contribution in [3.8, 4) is 0 Å². The molecule has 24 heavy (non-hydrogen) atoms. The van der Waals surface area contributed by atoms with Crippen LogP contribution >= 0.6 is 0 Å². The van der Waals surface area contributed by atoms with Crippen LogP contribution in [0.4, 0.5) is 11.4 Å². The van der Waals surface area contributed by atoms with Gasteiger partial charge in [-0.25, -0.2) is 0 Å². The number of hydrogen-bond donors (Lipinski definition) is 2. The summed E-state index contributed by atoms with van der Waals surface area (Å²) in [6.07, 6.45) is 2.44. The molecular weight excluding hydrogens is 308 g/mol. The number of rotatable bonds is 4. The molecule has 2 N–H and O–H groups in total. The van der Waals surface area contributed by atoms with E-state index in [0.717, 1.165) is 36.8 Å². The lowest BCUT2D eigenvalue weighted by molar-refractivity contribution is -0.125. The molecule has 0 bridgehead atoms. The van der Waals surface area contributed by atoms with Gasteiger partial charge in [0.15, 0.2) is 0 Å². The third-order valence-corrected chi connectivity index (χ3v) is 4.59. The van der Waals surface area contributed by atoms with Crippen molar-refractivity contribution in [3.63, 3.8) is 0 Å². The van der Waals surface area contributed by atoms with Crippen molar-refractivity contribution in [2.75, 3.05) is 23.8 Å². The second-order valence-electron chi connectivity index (χ2n) is 6.46. The molecule has 1 aromatic carbocycles. The average Bonchev–Trinajstić information content (AvgIpc) is 3.24. The fraction of sp³-hybridized carbons (Fsp3) is 0.556. The summed E-state index contributed by atoms with van der Waals surface area (Å²) in [5.41, 5.74) is 3.30. The Labute approximate surface area is 141 Å². The summed E-state index contributed by atoms with van der Waals surface area (Å²) in [6.45, 7) is 5.19. The largest absolute Gasteiger partial charge is 0.368 e. The highest BCUT2D eigenvalue weighted by atomic mass is 16.5. The number of carbonyl (C=O) groups excluding carboxylic acids is 2. The second kappa shape index (κ2) is 7.32. The van der Waals surface area contributed by atoms with E-state index in [-0.39, 0.29) is 11.8 Å². The van der Waals surface area contributed by atoms with Crippen molar-refractivity contribution < 1.29 is 19.1 Å². The Morgan fingerprint density at radius 1 is 0.875 bits per heavy atom. The van der Waals surface area contributed by atoms with E-state index in [1.54, 1.807) is 0 Å². The van der Waals surface area contributed by atoms with Crippen LogP contribution in [-0.2, 0) is 19.1 Å². The van der Waals surface area contributed by atoms with E-state index >= 15 is 0 Å². The Balaban J connectivity index is 1.77. The zero-order valence-corrected chi connectivity index (χ0v) is 14.2. The topological polar surface area (TPSA) is 76.7 Å². The maximum atomic E-state index is 12.3. The lowest BCUT2D eigenvalue weighted by atomic mass is 10.1. The maximum Gasteiger partial charge on any atom is 0.253 e. The molecule has 1 aromatic rings. The van der Waals surface area contributed by atoms with Gasteiger partial charge in [-0.05, 0) is 62.8 Å². The smallest absolute Gasteiger partial charge is 0.253 e. The van der Waals surface area contributed by atoms with E-state index in [4.69, 9.17) is 9.47 Å². The van der Waals surface area contributed by atoms with Crippen LogP contribution in [0.5, 0.6) is 0 Å². The Morgan fingerprint density at radius 2 is 1.29 bits per heavy atom. The first-order valence-electron chi connectivity index (χ1n) is 8.51. The van der Waals surface area contributed by atoms with Crippen LogP contribution in [0.15, 0.2) is 12.1 Å². The molecule has 2 atom stereocenters. The summed E-state index contributed by atoms with van der Waals surface area (Å²) in [5, 5.41) is 5.79. The molecule has 0 aliphatic carbocycles.